The van der Waals surface area contributed by atoms with Crippen molar-refractivity contribution in [3.05, 3.63) is 96.1 Å². The molecule has 180 valence electrons. The molecule has 6 nitrogen and oxygen atoms in total. The molecule has 3 aromatic carbocycles. The van der Waals surface area contributed by atoms with E-state index in [4.69, 9.17) is 15.9 Å². The number of phenols is 1. The second kappa shape index (κ2) is 13.7. The third-order valence-electron chi connectivity index (χ3n) is 5.25. The van der Waals surface area contributed by atoms with E-state index >= 15 is 0 Å². The van der Waals surface area contributed by atoms with Crippen LogP contribution in [0, 0.1) is 5.92 Å². The van der Waals surface area contributed by atoms with Gasteiger partial charge in [0.25, 0.3) is 0 Å². The maximum absolute atomic E-state index is 10.9. The lowest BCUT2D eigenvalue weighted by Crippen LogP contribution is -2.18. The highest BCUT2D eigenvalue weighted by atomic mass is 16.3. The van der Waals surface area contributed by atoms with Gasteiger partial charge in [0.05, 0.1) is 11.4 Å². The summed E-state index contributed by atoms with van der Waals surface area (Å²) in [5, 5.41) is 22.0. The van der Waals surface area contributed by atoms with E-state index in [-0.39, 0.29) is 5.91 Å². The van der Waals surface area contributed by atoms with Crippen LogP contribution in [0.15, 0.2) is 79.4 Å². The van der Waals surface area contributed by atoms with Crippen molar-refractivity contribution in [1.29, 1.82) is 0 Å². The van der Waals surface area contributed by atoms with Gasteiger partial charge in [-0.1, -0.05) is 55.1 Å². The molecule has 6 heteroatoms. The Bertz CT molecular complexity index is 1040. The molecule has 0 radical (unpaired) electrons. The van der Waals surface area contributed by atoms with Crippen LogP contribution in [0.5, 0.6) is 5.75 Å². The summed E-state index contributed by atoms with van der Waals surface area (Å²) in [4.78, 5) is 10.9. The zero-order chi connectivity index (χ0) is 24.9. The summed E-state index contributed by atoms with van der Waals surface area (Å²) >= 11 is 0. The van der Waals surface area contributed by atoms with Gasteiger partial charge in [-0.05, 0) is 66.1 Å². The first-order chi connectivity index (χ1) is 16.4. The topological polar surface area (TPSA) is 108 Å². The van der Waals surface area contributed by atoms with Crippen LogP contribution >= 0.6 is 0 Å². The number of benzene rings is 3. The number of phenolic OH excluding ortho intramolecular Hbond substituents is 1. The smallest absolute Gasteiger partial charge is 0.217 e. The Labute approximate surface area is 202 Å². The fourth-order valence-corrected chi connectivity index (χ4v) is 3.18. The molecular weight excluding hydrogens is 426 g/mol. The average Bonchev–Trinajstić information content (AvgIpc) is 3.67. The number of rotatable bonds is 7. The maximum Gasteiger partial charge on any atom is 0.217 e. The van der Waals surface area contributed by atoms with Crippen molar-refractivity contribution in [3.63, 3.8) is 0 Å². The van der Waals surface area contributed by atoms with Gasteiger partial charge in [-0.15, -0.1) is 0 Å². The highest BCUT2D eigenvalue weighted by molar-refractivity contribution is 5.80. The van der Waals surface area contributed by atoms with E-state index in [1.807, 2.05) is 60.7 Å². The van der Waals surface area contributed by atoms with Crippen LogP contribution in [-0.2, 0) is 17.8 Å². The zero-order valence-corrected chi connectivity index (χ0v) is 19.9. The summed E-state index contributed by atoms with van der Waals surface area (Å²) in [7, 11) is 1.00. The highest BCUT2D eigenvalue weighted by Gasteiger charge is 2.21. The third kappa shape index (κ3) is 9.38. The minimum absolute atomic E-state index is 0.0373. The van der Waals surface area contributed by atoms with Crippen molar-refractivity contribution in [1.82, 2.24) is 5.32 Å². The summed E-state index contributed by atoms with van der Waals surface area (Å²) in [6, 6.07) is 23.0. The number of carbonyl (C=O) groups excluding carboxylic acids is 1. The van der Waals surface area contributed by atoms with E-state index in [2.05, 4.69) is 17.2 Å². The SMILES string of the molecule is C=C(Nc1ccccc1N)c1ccc(CNC(C)=O)cc1.CO.Oc1ccc(CC2CC2)cc1. The molecule has 0 heterocycles. The Morgan fingerprint density at radius 3 is 2.12 bits per heavy atom. The second-order valence-electron chi connectivity index (χ2n) is 8.11. The minimum atomic E-state index is -0.0373. The fraction of sp³-hybridized carbons (Fsp3) is 0.250. The van der Waals surface area contributed by atoms with Crippen LogP contribution in [0.25, 0.3) is 5.70 Å². The van der Waals surface area contributed by atoms with Crippen LogP contribution in [0.1, 0.15) is 36.5 Å². The Kier molecular flexibility index (Phi) is 10.7. The number of nitrogens with two attached hydrogens (primary N) is 1. The van der Waals surface area contributed by atoms with E-state index in [9.17, 15) is 4.79 Å². The number of hydrogen-bond donors (Lipinski definition) is 5. The largest absolute Gasteiger partial charge is 0.508 e. The molecule has 0 bridgehead atoms. The number of hydrogen-bond acceptors (Lipinski definition) is 5. The second-order valence-corrected chi connectivity index (χ2v) is 8.11. The average molecular weight is 462 g/mol. The van der Waals surface area contributed by atoms with Crippen molar-refractivity contribution < 1.29 is 15.0 Å². The van der Waals surface area contributed by atoms with Gasteiger partial charge in [0.1, 0.15) is 5.75 Å². The van der Waals surface area contributed by atoms with Crippen LogP contribution in [0.3, 0.4) is 0 Å². The molecule has 1 saturated carbocycles. The molecule has 1 aliphatic carbocycles. The first-order valence-corrected chi connectivity index (χ1v) is 11.3. The molecule has 0 saturated heterocycles. The van der Waals surface area contributed by atoms with Gasteiger partial charge in [-0.25, -0.2) is 0 Å². The Balaban J connectivity index is 0.000000262. The predicted octanol–water partition coefficient (Wildman–Crippen LogP) is 4.94. The Hall–Kier alpha value is -3.77. The molecule has 0 spiro atoms. The summed E-state index contributed by atoms with van der Waals surface area (Å²) in [6.45, 7) is 6.06. The maximum atomic E-state index is 10.9. The predicted molar refractivity (Wildman–Crippen MR) is 140 cm³/mol. The molecule has 4 rings (SSSR count). The molecule has 3 aromatic rings. The molecule has 0 unspecified atom stereocenters. The normalized spacial score (nSPS) is 11.7. The van der Waals surface area contributed by atoms with Gasteiger partial charge < -0.3 is 26.6 Å². The monoisotopic (exact) mass is 461 g/mol. The van der Waals surface area contributed by atoms with Crippen LogP contribution in [0.2, 0.25) is 0 Å². The van der Waals surface area contributed by atoms with Crippen LogP contribution in [0.4, 0.5) is 11.4 Å². The van der Waals surface area contributed by atoms with E-state index in [1.54, 1.807) is 12.1 Å². The Morgan fingerprint density at radius 1 is 0.971 bits per heavy atom. The fourth-order valence-electron chi connectivity index (χ4n) is 3.18. The Morgan fingerprint density at radius 2 is 1.56 bits per heavy atom. The minimum Gasteiger partial charge on any atom is -0.508 e. The summed E-state index contributed by atoms with van der Waals surface area (Å²) < 4.78 is 0. The molecule has 1 aliphatic rings. The lowest BCUT2D eigenvalue weighted by atomic mass is 10.1. The molecule has 1 amide bonds. The number of aromatic hydroxyl groups is 1. The van der Waals surface area contributed by atoms with Crippen molar-refractivity contribution in [3.8, 4) is 5.75 Å². The lowest BCUT2D eigenvalue weighted by molar-refractivity contribution is -0.119. The van der Waals surface area contributed by atoms with Gasteiger partial charge in [0.2, 0.25) is 5.91 Å². The van der Waals surface area contributed by atoms with Gasteiger partial charge in [0.15, 0.2) is 0 Å². The highest BCUT2D eigenvalue weighted by Crippen LogP contribution is 2.32. The first-order valence-electron chi connectivity index (χ1n) is 11.3. The van der Waals surface area contributed by atoms with Crippen molar-refractivity contribution >= 4 is 23.0 Å². The lowest BCUT2D eigenvalue weighted by Gasteiger charge is -2.12. The molecule has 6 N–H and O–H groups in total. The number of nitrogen functional groups attached to an aromatic ring is 1. The molecule has 0 aliphatic heterocycles. The van der Waals surface area contributed by atoms with Gasteiger partial charge >= 0.3 is 0 Å². The van der Waals surface area contributed by atoms with E-state index in [0.29, 0.717) is 18.0 Å². The summed E-state index contributed by atoms with van der Waals surface area (Å²) in [5.74, 6) is 1.26. The van der Waals surface area contributed by atoms with Crippen LogP contribution < -0.4 is 16.4 Å². The van der Waals surface area contributed by atoms with Crippen LogP contribution in [-0.4, -0.2) is 23.2 Å². The van der Waals surface area contributed by atoms with Gasteiger partial charge in [-0.2, -0.15) is 0 Å². The summed E-state index contributed by atoms with van der Waals surface area (Å²) in [6.07, 6.45) is 3.97. The van der Waals surface area contributed by atoms with Crippen molar-refractivity contribution in [2.45, 2.75) is 32.7 Å². The number of amides is 1. The van der Waals surface area contributed by atoms with E-state index < -0.39 is 0 Å². The quantitative estimate of drug-likeness (QED) is 0.320. The zero-order valence-electron chi connectivity index (χ0n) is 19.9. The number of aliphatic hydroxyl groups excluding tert-OH is 1. The van der Waals surface area contributed by atoms with Crippen molar-refractivity contribution in [2.75, 3.05) is 18.2 Å². The van der Waals surface area contributed by atoms with Gasteiger partial charge in [-0.3, -0.25) is 4.79 Å². The third-order valence-corrected chi connectivity index (χ3v) is 5.25. The number of nitrogens with one attached hydrogen (secondary N) is 2. The number of anilines is 2. The van der Waals surface area contributed by atoms with Crippen molar-refractivity contribution in [2.24, 2.45) is 5.92 Å². The summed E-state index contributed by atoms with van der Waals surface area (Å²) in [5.41, 5.74) is 11.6. The molecule has 0 atom stereocenters. The number of aliphatic hydroxyl groups is 1. The molecular formula is C28H35N3O3. The molecule has 1 fully saturated rings. The number of carbonyl (C=O) groups is 1. The molecule has 34 heavy (non-hydrogen) atoms. The van der Waals surface area contributed by atoms with E-state index in [1.165, 1.54) is 31.7 Å². The standard InChI is InChI=1S/C17H19N3O.C10H12O.CH4O/c1-12(20-17-6-4-3-5-16(17)18)15-9-7-14(8-10-15)11-19-13(2)21;11-10-5-3-9(4-6-10)7-8-1-2-8;1-2/h3-10,20H,1,11,18H2,2H3,(H,19,21);3-6,8,11H,1-2,7H2;2H,1H3. The molecule has 0 aromatic heterocycles. The van der Waals surface area contributed by atoms with E-state index in [0.717, 1.165) is 35.5 Å². The van der Waals surface area contributed by atoms with Gasteiger partial charge in [0, 0.05) is 26.3 Å². The number of para-hydroxylation sites is 2. The first kappa shape index (κ1) is 26.5.